The second-order valence-electron chi connectivity index (χ2n) is 4.51. The molecular weight excluding hydrogens is 230 g/mol. The van der Waals surface area contributed by atoms with E-state index in [0.29, 0.717) is 5.56 Å². The molecule has 0 radical (unpaired) electrons. The molecule has 1 aromatic rings. The van der Waals surface area contributed by atoms with E-state index < -0.39 is 5.97 Å². The minimum absolute atomic E-state index is 0.375. The molecule has 0 unspecified atom stereocenters. The molecule has 2 rings (SSSR count). The van der Waals surface area contributed by atoms with Gasteiger partial charge in [0.25, 0.3) is 0 Å². The highest BCUT2D eigenvalue weighted by Gasteiger charge is 2.17. The van der Waals surface area contributed by atoms with Gasteiger partial charge in [-0.1, -0.05) is 6.07 Å². The maximum Gasteiger partial charge on any atom is 0.335 e. The molecular formula is C14H19NO3. The quantitative estimate of drug-likeness (QED) is 0.808. The van der Waals surface area contributed by atoms with E-state index in [1.807, 2.05) is 13.0 Å². The van der Waals surface area contributed by atoms with E-state index in [0.717, 1.165) is 44.8 Å². The Morgan fingerprint density at radius 1 is 1.44 bits per heavy atom. The smallest absolute Gasteiger partial charge is 0.335 e. The molecule has 0 saturated heterocycles. The first-order valence-electron chi connectivity index (χ1n) is 6.36. The minimum Gasteiger partial charge on any atom is -0.478 e. The van der Waals surface area contributed by atoms with Gasteiger partial charge in [0.1, 0.15) is 0 Å². The van der Waals surface area contributed by atoms with E-state index in [4.69, 9.17) is 9.84 Å². The Balaban J connectivity index is 2.02. The highest BCUT2D eigenvalue weighted by atomic mass is 16.5. The van der Waals surface area contributed by atoms with Gasteiger partial charge in [-0.2, -0.15) is 0 Å². The van der Waals surface area contributed by atoms with E-state index in [1.165, 1.54) is 5.56 Å². The van der Waals surface area contributed by atoms with Crippen molar-refractivity contribution in [3.05, 3.63) is 34.9 Å². The van der Waals surface area contributed by atoms with Crippen LogP contribution in [0.1, 0.15) is 28.4 Å². The molecule has 0 aromatic heterocycles. The molecule has 0 bridgehead atoms. The second-order valence-corrected chi connectivity index (χ2v) is 4.51. The Kier molecular flexibility index (Phi) is 4.33. The standard InChI is InChI=1S/C14H19NO3/c1-2-18-8-7-15-6-5-11-3-4-12(14(16)17)9-13(11)10-15/h3-4,9H,2,5-8,10H2,1H3,(H,16,17). The van der Waals surface area contributed by atoms with Gasteiger partial charge in [0.2, 0.25) is 0 Å². The SMILES string of the molecule is CCOCCN1CCc2ccc(C(=O)O)cc2C1. The lowest BCUT2D eigenvalue weighted by Crippen LogP contribution is -2.33. The average Bonchev–Trinajstić information content (AvgIpc) is 2.38. The number of carboxylic acid groups (broad SMARTS) is 1. The number of aromatic carboxylic acids is 1. The number of ether oxygens (including phenoxy) is 1. The molecule has 0 spiro atoms. The molecule has 1 aliphatic heterocycles. The number of fused-ring (bicyclic) bond motifs is 1. The molecule has 0 amide bonds. The molecule has 0 fully saturated rings. The zero-order chi connectivity index (χ0) is 13.0. The first-order valence-corrected chi connectivity index (χ1v) is 6.36. The van der Waals surface area contributed by atoms with Crippen molar-refractivity contribution in [1.82, 2.24) is 4.90 Å². The van der Waals surface area contributed by atoms with Gasteiger partial charge in [0.05, 0.1) is 12.2 Å². The molecule has 4 heteroatoms. The Hall–Kier alpha value is -1.39. The summed E-state index contributed by atoms with van der Waals surface area (Å²) >= 11 is 0. The summed E-state index contributed by atoms with van der Waals surface area (Å²) < 4.78 is 5.35. The van der Waals surface area contributed by atoms with Crippen molar-refractivity contribution in [2.75, 3.05) is 26.3 Å². The highest BCUT2D eigenvalue weighted by molar-refractivity contribution is 5.87. The van der Waals surface area contributed by atoms with Crippen molar-refractivity contribution in [2.24, 2.45) is 0 Å². The fourth-order valence-electron chi connectivity index (χ4n) is 2.28. The largest absolute Gasteiger partial charge is 0.478 e. The summed E-state index contributed by atoms with van der Waals surface area (Å²) in [6, 6.07) is 5.43. The van der Waals surface area contributed by atoms with Crippen molar-refractivity contribution in [2.45, 2.75) is 19.9 Å². The van der Waals surface area contributed by atoms with Crippen molar-refractivity contribution in [1.29, 1.82) is 0 Å². The van der Waals surface area contributed by atoms with Crippen LogP contribution in [-0.2, 0) is 17.7 Å². The maximum atomic E-state index is 10.9. The molecule has 18 heavy (non-hydrogen) atoms. The Bertz CT molecular complexity index is 431. The first-order chi connectivity index (χ1) is 8.70. The van der Waals surface area contributed by atoms with E-state index in [2.05, 4.69) is 4.90 Å². The second kappa shape index (κ2) is 5.98. The summed E-state index contributed by atoms with van der Waals surface area (Å²) in [7, 11) is 0. The van der Waals surface area contributed by atoms with Crippen LogP contribution in [0.25, 0.3) is 0 Å². The van der Waals surface area contributed by atoms with Gasteiger partial charge in [-0.25, -0.2) is 4.79 Å². The molecule has 0 atom stereocenters. The Labute approximate surface area is 107 Å². The molecule has 1 aromatic carbocycles. The van der Waals surface area contributed by atoms with Gasteiger partial charge >= 0.3 is 5.97 Å². The lowest BCUT2D eigenvalue weighted by atomic mass is 9.97. The summed E-state index contributed by atoms with van der Waals surface area (Å²) in [5.41, 5.74) is 2.78. The third-order valence-corrected chi connectivity index (χ3v) is 3.30. The van der Waals surface area contributed by atoms with Crippen LogP contribution in [-0.4, -0.2) is 42.3 Å². The molecule has 1 aliphatic rings. The zero-order valence-electron chi connectivity index (χ0n) is 10.7. The average molecular weight is 249 g/mol. The fraction of sp³-hybridized carbons (Fsp3) is 0.500. The normalized spacial score (nSPS) is 15.4. The maximum absolute atomic E-state index is 10.9. The first kappa shape index (κ1) is 13.1. The molecule has 0 saturated carbocycles. The van der Waals surface area contributed by atoms with E-state index in [1.54, 1.807) is 12.1 Å². The number of carboxylic acids is 1. The monoisotopic (exact) mass is 249 g/mol. The van der Waals surface area contributed by atoms with Crippen molar-refractivity contribution in [3.63, 3.8) is 0 Å². The fourth-order valence-corrected chi connectivity index (χ4v) is 2.28. The molecule has 0 aliphatic carbocycles. The summed E-state index contributed by atoms with van der Waals surface area (Å²) in [4.78, 5) is 13.3. The van der Waals surface area contributed by atoms with Gasteiger partial charge in [-0.05, 0) is 36.6 Å². The van der Waals surface area contributed by atoms with Gasteiger partial charge in [0.15, 0.2) is 0 Å². The van der Waals surface area contributed by atoms with Crippen LogP contribution in [0.4, 0.5) is 0 Å². The number of benzene rings is 1. The van der Waals surface area contributed by atoms with Gasteiger partial charge in [0, 0.05) is 26.2 Å². The zero-order valence-corrected chi connectivity index (χ0v) is 10.7. The van der Waals surface area contributed by atoms with Crippen LogP contribution in [0, 0.1) is 0 Å². The number of hydrogen-bond donors (Lipinski definition) is 1. The summed E-state index contributed by atoms with van der Waals surface area (Å²) in [6.07, 6.45) is 0.987. The lowest BCUT2D eigenvalue weighted by molar-refractivity contribution is 0.0696. The van der Waals surface area contributed by atoms with Crippen molar-refractivity contribution < 1.29 is 14.6 Å². The van der Waals surface area contributed by atoms with Crippen LogP contribution >= 0.6 is 0 Å². The third-order valence-electron chi connectivity index (χ3n) is 3.30. The van der Waals surface area contributed by atoms with Crippen molar-refractivity contribution in [3.8, 4) is 0 Å². The van der Waals surface area contributed by atoms with Crippen LogP contribution in [0.3, 0.4) is 0 Å². The van der Waals surface area contributed by atoms with E-state index >= 15 is 0 Å². The summed E-state index contributed by atoms with van der Waals surface area (Å²) in [5, 5.41) is 8.99. The van der Waals surface area contributed by atoms with Crippen molar-refractivity contribution >= 4 is 5.97 Å². The van der Waals surface area contributed by atoms with Crippen LogP contribution in [0.15, 0.2) is 18.2 Å². The highest BCUT2D eigenvalue weighted by Crippen LogP contribution is 2.20. The van der Waals surface area contributed by atoms with Crippen LogP contribution < -0.4 is 0 Å². The van der Waals surface area contributed by atoms with E-state index in [9.17, 15) is 4.79 Å². The predicted octanol–water partition coefficient (Wildman–Crippen LogP) is 1.78. The Morgan fingerprint density at radius 3 is 3.00 bits per heavy atom. The van der Waals surface area contributed by atoms with Gasteiger partial charge in [-0.15, -0.1) is 0 Å². The number of nitrogens with zero attached hydrogens (tertiary/aromatic N) is 1. The number of carbonyl (C=O) groups is 1. The van der Waals surface area contributed by atoms with Crippen LogP contribution in [0.2, 0.25) is 0 Å². The summed E-state index contributed by atoms with van der Waals surface area (Å²) in [5.74, 6) is -0.857. The molecule has 4 nitrogen and oxygen atoms in total. The van der Waals surface area contributed by atoms with Gasteiger partial charge < -0.3 is 9.84 Å². The van der Waals surface area contributed by atoms with Crippen LogP contribution in [0.5, 0.6) is 0 Å². The van der Waals surface area contributed by atoms with E-state index in [-0.39, 0.29) is 0 Å². The molecule has 1 N–H and O–H groups in total. The lowest BCUT2D eigenvalue weighted by Gasteiger charge is -2.28. The minimum atomic E-state index is -0.857. The predicted molar refractivity (Wildman–Crippen MR) is 68.9 cm³/mol. The molecule has 98 valence electrons. The summed E-state index contributed by atoms with van der Waals surface area (Å²) in [6.45, 7) is 6.23. The van der Waals surface area contributed by atoms with Gasteiger partial charge in [-0.3, -0.25) is 4.90 Å². The third kappa shape index (κ3) is 3.09. The number of rotatable bonds is 5. The Morgan fingerprint density at radius 2 is 2.28 bits per heavy atom. The molecule has 1 heterocycles. The topological polar surface area (TPSA) is 49.8 Å². The number of hydrogen-bond acceptors (Lipinski definition) is 3.